The van der Waals surface area contributed by atoms with Crippen LogP contribution >= 0.6 is 24.0 Å². The predicted molar refractivity (Wildman–Crippen MR) is 138 cm³/mol. The average Bonchev–Trinajstić information content (AvgIpc) is 2.69. The van der Waals surface area contributed by atoms with E-state index < -0.39 is 0 Å². The first-order valence-corrected chi connectivity index (χ1v) is 11.1. The molecule has 0 saturated carbocycles. The molecule has 0 bridgehead atoms. The molecule has 3 N–H and O–H groups in total. The van der Waals surface area contributed by atoms with Crippen LogP contribution < -0.4 is 16.0 Å². The Morgan fingerprint density at radius 3 is 2.53 bits per heavy atom. The fraction of sp³-hybridized carbons (Fsp3) is 0.652. The second-order valence-corrected chi connectivity index (χ2v) is 8.14. The van der Waals surface area contributed by atoms with Gasteiger partial charge >= 0.3 is 0 Å². The molecule has 1 aromatic carbocycles. The minimum atomic E-state index is 0. The first kappa shape index (κ1) is 26.7. The highest BCUT2D eigenvalue weighted by Crippen LogP contribution is 2.31. The number of likely N-dealkylation sites (N-methyl/N-ethyl adjacent to an activating group) is 1. The maximum atomic E-state index is 12.1. The first-order valence-electron chi connectivity index (χ1n) is 11.1. The van der Waals surface area contributed by atoms with Crippen LogP contribution in [0.15, 0.2) is 29.3 Å². The topological polar surface area (TPSA) is 68.8 Å². The number of rotatable bonds is 10. The van der Waals surface area contributed by atoms with Gasteiger partial charge in [0.05, 0.1) is 6.54 Å². The fourth-order valence-corrected chi connectivity index (χ4v) is 4.07. The van der Waals surface area contributed by atoms with Crippen LogP contribution in [0.5, 0.6) is 0 Å². The van der Waals surface area contributed by atoms with Crippen molar-refractivity contribution in [2.75, 3.05) is 38.0 Å². The maximum absolute atomic E-state index is 12.1. The number of hydrogen-bond acceptors (Lipinski definition) is 3. The highest BCUT2D eigenvalue weighted by Gasteiger charge is 2.25. The van der Waals surface area contributed by atoms with Gasteiger partial charge in [-0.25, -0.2) is 0 Å². The molecule has 2 unspecified atom stereocenters. The zero-order valence-corrected chi connectivity index (χ0v) is 21.5. The number of aliphatic imine (C=N–C) groups is 1. The normalized spacial score (nSPS) is 17.2. The first-order chi connectivity index (χ1) is 14.0. The summed E-state index contributed by atoms with van der Waals surface area (Å²) in [4.78, 5) is 19.5. The number of fused-ring (bicyclic) bond motifs is 1. The van der Waals surface area contributed by atoms with E-state index in [0.717, 1.165) is 44.2 Å². The van der Waals surface area contributed by atoms with E-state index >= 15 is 0 Å². The summed E-state index contributed by atoms with van der Waals surface area (Å²) in [6.07, 6.45) is 1.64. The lowest BCUT2D eigenvalue weighted by Gasteiger charge is -2.30. The lowest BCUT2D eigenvalue weighted by atomic mass is 9.90. The van der Waals surface area contributed by atoms with Crippen LogP contribution in [-0.4, -0.2) is 55.5 Å². The van der Waals surface area contributed by atoms with Crippen molar-refractivity contribution in [3.05, 3.63) is 29.8 Å². The highest BCUT2D eigenvalue weighted by molar-refractivity contribution is 14.0. The number of amides is 1. The van der Waals surface area contributed by atoms with Gasteiger partial charge < -0.3 is 16.0 Å². The third-order valence-electron chi connectivity index (χ3n) is 5.50. The van der Waals surface area contributed by atoms with Gasteiger partial charge in [-0.3, -0.25) is 14.7 Å². The Morgan fingerprint density at radius 2 is 1.90 bits per heavy atom. The Labute approximate surface area is 199 Å². The fourth-order valence-electron chi connectivity index (χ4n) is 4.07. The molecule has 30 heavy (non-hydrogen) atoms. The SMILES string of the molecule is CCNC(=NCC(CC(C)C)N(CC)CC)NCC1CC(=O)Nc2ccccc21.I. The van der Waals surface area contributed by atoms with Gasteiger partial charge in [0, 0.05) is 37.2 Å². The molecule has 0 aromatic heterocycles. The van der Waals surface area contributed by atoms with Crippen molar-refractivity contribution in [3.8, 4) is 0 Å². The van der Waals surface area contributed by atoms with Gasteiger partial charge in [0.15, 0.2) is 5.96 Å². The van der Waals surface area contributed by atoms with Crippen LogP contribution in [0.2, 0.25) is 0 Å². The molecule has 1 aliphatic rings. The van der Waals surface area contributed by atoms with Crippen molar-refractivity contribution < 1.29 is 4.79 Å². The van der Waals surface area contributed by atoms with Crippen molar-refractivity contribution in [1.82, 2.24) is 15.5 Å². The van der Waals surface area contributed by atoms with Crippen LogP contribution in [0.1, 0.15) is 58.9 Å². The lowest BCUT2D eigenvalue weighted by molar-refractivity contribution is -0.116. The number of halogens is 1. The summed E-state index contributed by atoms with van der Waals surface area (Å²) in [5, 5.41) is 9.80. The lowest BCUT2D eigenvalue weighted by Crippen LogP contribution is -2.43. The Kier molecular flexibility index (Phi) is 12.3. The Hall–Kier alpha value is -1.35. The third kappa shape index (κ3) is 8.06. The number of carbonyl (C=O) groups is 1. The summed E-state index contributed by atoms with van der Waals surface area (Å²) in [5.41, 5.74) is 2.12. The average molecular weight is 530 g/mol. The summed E-state index contributed by atoms with van der Waals surface area (Å²) in [5.74, 6) is 1.70. The molecule has 1 aromatic rings. The molecule has 2 rings (SSSR count). The van der Waals surface area contributed by atoms with E-state index in [4.69, 9.17) is 4.99 Å². The van der Waals surface area contributed by atoms with Crippen molar-refractivity contribution in [2.45, 2.75) is 59.4 Å². The van der Waals surface area contributed by atoms with Gasteiger partial charge in [0.1, 0.15) is 0 Å². The zero-order valence-electron chi connectivity index (χ0n) is 19.2. The van der Waals surface area contributed by atoms with Gasteiger partial charge in [-0.2, -0.15) is 0 Å². The minimum Gasteiger partial charge on any atom is -0.357 e. The van der Waals surface area contributed by atoms with E-state index in [0.29, 0.717) is 24.9 Å². The molecule has 170 valence electrons. The molecule has 0 spiro atoms. The largest absolute Gasteiger partial charge is 0.357 e. The Morgan fingerprint density at radius 1 is 1.20 bits per heavy atom. The summed E-state index contributed by atoms with van der Waals surface area (Å²) >= 11 is 0. The molecule has 1 aliphatic heterocycles. The predicted octanol–water partition coefficient (Wildman–Crippen LogP) is 4.04. The molecular formula is C23H40IN5O. The second kappa shape index (κ2) is 13.9. The van der Waals surface area contributed by atoms with Crippen molar-refractivity contribution in [2.24, 2.45) is 10.9 Å². The van der Waals surface area contributed by atoms with E-state index in [1.165, 1.54) is 5.56 Å². The third-order valence-corrected chi connectivity index (χ3v) is 5.50. The summed E-state index contributed by atoms with van der Waals surface area (Å²) < 4.78 is 0. The number of nitrogens with one attached hydrogen (secondary N) is 3. The van der Waals surface area contributed by atoms with E-state index in [9.17, 15) is 4.79 Å². The number of hydrogen-bond donors (Lipinski definition) is 3. The molecule has 1 heterocycles. The Bertz CT molecular complexity index is 675. The minimum absolute atomic E-state index is 0. The van der Waals surface area contributed by atoms with Gasteiger partial charge in [0.2, 0.25) is 5.91 Å². The smallest absolute Gasteiger partial charge is 0.225 e. The van der Waals surface area contributed by atoms with Crippen LogP contribution in [0.25, 0.3) is 0 Å². The van der Waals surface area contributed by atoms with Gasteiger partial charge in [-0.05, 0) is 44.0 Å². The number of benzene rings is 1. The van der Waals surface area contributed by atoms with Gasteiger partial charge in [0.25, 0.3) is 0 Å². The van der Waals surface area contributed by atoms with Crippen LogP contribution in [0.4, 0.5) is 5.69 Å². The van der Waals surface area contributed by atoms with E-state index in [1.807, 2.05) is 18.2 Å². The molecule has 7 heteroatoms. The standard InChI is InChI=1S/C23H39N5O.HI/c1-6-24-23(26-16-19(13-17(4)5)28(7-2)8-3)25-15-18-14-22(29)27-21-12-10-9-11-20(18)21;/h9-12,17-19H,6-8,13-16H2,1-5H3,(H,27,29)(H2,24,25,26);1H. The summed E-state index contributed by atoms with van der Waals surface area (Å²) in [6, 6.07) is 8.51. The van der Waals surface area contributed by atoms with Crippen LogP contribution in [0, 0.1) is 5.92 Å². The number of anilines is 1. The van der Waals surface area contributed by atoms with Crippen LogP contribution in [-0.2, 0) is 4.79 Å². The number of para-hydroxylation sites is 1. The van der Waals surface area contributed by atoms with Gasteiger partial charge in [-0.15, -0.1) is 24.0 Å². The molecule has 0 aliphatic carbocycles. The number of guanidine groups is 1. The van der Waals surface area contributed by atoms with E-state index in [-0.39, 0.29) is 35.8 Å². The van der Waals surface area contributed by atoms with Gasteiger partial charge in [-0.1, -0.05) is 45.9 Å². The number of carbonyl (C=O) groups excluding carboxylic acids is 1. The van der Waals surface area contributed by atoms with Crippen molar-refractivity contribution in [3.63, 3.8) is 0 Å². The molecule has 2 atom stereocenters. The summed E-state index contributed by atoms with van der Waals surface area (Å²) in [6.45, 7) is 15.4. The van der Waals surface area contributed by atoms with E-state index in [1.54, 1.807) is 0 Å². The quantitative estimate of drug-likeness (QED) is 0.243. The van der Waals surface area contributed by atoms with Crippen molar-refractivity contribution >= 4 is 41.5 Å². The molecule has 0 radical (unpaired) electrons. The molecule has 1 amide bonds. The highest BCUT2D eigenvalue weighted by atomic mass is 127. The molecule has 6 nitrogen and oxygen atoms in total. The summed E-state index contributed by atoms with van der Waals surface area (Å²) in [7, 11) is 0. The maximum Gasteiger partial charge on any atom is 0.225 e. The molecule has 0 saturated heterocycles. The molecule has 0 fully saturated rings. The Balaban J connectivity index is 0.00000450. The second-order valence-electron chi connectivity index (χ2n) is 8.14. The van der Waals surface area contributed by atoms with Crippen LogP contribution in [0.3, 0.4) is 0 Å². The molecular weight excluding hydrogens is 489 g/mol. The zero-order chi connectivity index (χ0) is 21.2. The number of nitrogens with zero attached hydrogens (tertiary/aromatic N) is 2. The van der Waals surface area contributed by atoms with E-state index in [2.05, 4.69) is 61.5 Å². The monoisotopic (exact) mass is 529 g/mol. The van der Waals surface area contributed by atoms with Crippen molar-refractivity contribution in [1.29, 1.82) is 0 Å².